The second kappa shape index (κ2) is 19.2. The fourth-order valence-corrected chi connectivity index (χ4v) is 6.29. The third-order valence-electron chi connectivity index (χ3n) is 9.57. The number of carbonyl (C=O) groups is 1. The van der Waals surface area contributed by atoms with Crippen LogP contribution in [0.3, 0.4) is 0 Å². The minimum Gasteiger partial charge on any atom is -0.504 e. The number of hydrogen-bond donors (Lipinski definition) is 11. The number of aliphatic hydroxyl groups is 8. The Balaban J connectivity index is 1.44. The van der Waals surface area contributed by atoms with E-state index in [-0.39, 0.29) is 36.0 Å². The second-order valence-electron chi connectivity index (χ2n) is 13.5. The molecule has 2 aromatic carbocycles. The average molecular weight is 801 g/mol. The Labute approximate surface area is 319 Å². The van der Waals surface area contributed by atoms with Gasteiger partial charge in [0, 0.05) is 6.08 Å². The summed E-state index contributed by atoms with van der Waals surface area (Å²) >= 11 is 0. The summed E-state index contributed by atoms with van der Waals surface area (Å²) < 4.78 is 45.5. The van der Waals surface area contributed by atoms with Crippen LogP contribution in [0.15, 0.2) is 42.5 Å². The van der Waals surface area contributed by atoms with Gasteiger partial charge in [-0.1, -0.05) is 12.1 Å². The smallest absolute Gasteiger partial charge is 0.331 e. The van der Waals surface area contributed by atoms with Gasteiger partial charge in [-0.15, -0.1) is 0 Å². The summed E-state index contributed by atoms with van der Waals surface area (Å²) in [4.78, 5) is 13.4. The highest BCUT2D eigenvalue weighted by Gasteiger charge is 2.53. The van der Waals surface area contributed by atoms with Gasteiger partial charge >= 0.3 is 5.97 Å². The summed E-state index contributed by atoms with van der Waals surface area (Å²) in [7, 11) is 1.33. The van der Waals surface area contributed by atoms with Crippen LogP contribution < -0.4 is 4.74 Å². The molecule has 0 amide bonds. The first kappa shape index (κ1) is 43.4. The molecule has 3 heterocycles. The number of phenolic OH excluding ortho intramolecular Hbond substituents is 3. The van der Waals surface area contributed by atoms with Gasteiger partial charge in [-0.05, 0) is 54.8 Å². The molecule has 0 aliphatic carbocycles. The number of benzene rings is 2. The van der Waals surface area contributed by atoms with E-state index in [1.807, 2.05) is 0 Å². The normalized spacial score (nSPS) is 36.4. The van der Waals surface area contributed by atoms with Crippen LogP contribution in [-0.4, -0.2) is 181 Å². The molecule has 3 saturated heterocycles. The van der Waals surface area contributed by atoms with Gasteiger partial charge in [-0.2, -0.15) is 0 Å². The highest BCUT2D eigenvalue weighted by Crippen LogP contribution is 2.33. The van der Waals surface area contributed by atoms with Gasteiger partial charge in [0.05, 0.1) is 33.0 Å². The van der Waals surface area contributed by atoms with Gasteiger partial charge in [0.25, 0.3) is 0 Å². The van der Waals surface area contributed by atoms with Gasteiger partial charge in [0.2, 0.25) is 0 Å². The lowest BCUT2D eigenvalue weighted by molar-refractivity contribution is -0.364. The van der Waals surface area contributed by atoms with Crippen molar-refractivity contribution in [1.29, 1.82) is 0 Å². The molecule has 2 aromatic rings. The van der Waals surface area contributed by atoms with Crippen LogP contribution in [0, 0.1) is 0 Å². The molecule has 5 rings (SSSR count). The fourth-order valence-electron chi connectivity index (χ4n) is 6.29. The quantitative estimate of drug-likeness (QED) is 0.0519. The van der Waals surface area contributed by atoms with E-state index in [9.17, 15) is 61.0 Å². The SMILES string of the molecule is COc1cc(/C=C/C(=O)OC2C(COC3OC(CO)[C@@H](O)[C@H](O)[C@H]3O)O[C@@H](OCCc3ccc(O)c(O)c3)[C@H](O)C2OC2OC(C)C(O)C(O)C2O)ccc1O. The van der Waals surface area contributed by atoms with Crippen LogP contribution in [0.25, 0.3) is 6.08 Å². The van der Waals surface area contributed by atoms with Crippen LogP contribution in [0.5, 0.6) is 23.0 Å². The van der Waals surface area contributed by atoms with E-state index in [4.69, 9.17) is 37.9 Å². The first-order chi connectivity index (χ1) is 26.6. The van der Waals surface area contributed by atoms with Crippen molar-refractivity contribution < 1.29 is 98.9 Å². The Morgan fingerprint density at radius 3 is 2.07 bits per heavy atom. The van der Waals surface area contributed by atoms with Crippen molar-refractivity contribution in [3.63, 3.8) is 0 Å². The maximum atomic E-state index is 13.4. The molecule has 0 bridgehead atoms. The number of esters is 1. The van der Waals surface area contributed by atoms with Crippen molar-refractivity contribution in [3.8, 4) is 23.0 Å². The van der Waals surface area contributed by atoms with E-state index in [0.29, 0.717) is 11.1 Å². The summed E-state index contributed by atoms with van der Waals surface area (Å²) in [6.45, 7) is -0.207. The molecule has 3 aliphatic rings. The molecule has 20 nitrogen and oxygen atoms in total. The Kier molecular flexibility index (Phi) is 14.9. The summed E-state index contributed by atoms with van der Waals surface area (Å²) in [5, 5.41) is 113. The monoisotopic (exact) mass is 800 g/mol. The third-order valence-corrected chi connectivity index (χ3v) is 9.57. The summed E-state index contributed by atoms with van der Waals surface area (Å²) in [5.74, 6) is -1.81. The molecule has 56 heavy (non-hydrogen) atoms. The zero-order valence-corrected chi connectivity index (χ0v) is 30.2. The molecule has 312 valence electrons. The zero-order valence-electron chi connectivity index (χ0n) is 30.2. The van der Waals surface area contributed by atoms with Gasteiger partial charge in [-0.25, -0.2) is 4.79 Å². The minimum atomic E-state index is -1.87. The van der Waals surface area contributed by atoms with E-state index in [0.717, 1.165) is 6.08 Å². The first-order valence-corrected chi connectivity index (χ1v) is 17.6. The highest BCUT2D eigenvalue weighted by atomic mass is 16.8. The molecule has 11 N–H and O–H groups in total. The van der Waals surface area contributed by atoms with E-state index >= 15 is 0 Å². The number of aromatic hydroxyl groups is 3. The second-order valence-corrected chi connectivity index (χ2v) is 13.5. The number of phenols is 3. The molecule has 20 heteroatoms. The van der Waals surface area contributed by atoms with Crippen molar-refractivity contribution in [2.24, 2.45) is 0 Å². The first-order valence-electron chi connectivity index (χ1n) is 17.6. The van der Waals surface area contributed by atoms with Gasteiger partial charge in [0.15, 0.2) is 48.0 Å². The van der Waals surface area contributed by atoms with E-state index in [2.05, 4.69) is 0 Å². The topological polar surface area (TPSA) is 313 Å². The highest BCUT2D eigenvalue weighted by molar-refractivity contribution is 5.87. The van der Waals surface area contributed by atoms with Crippen LogP contribution in [0.1, 0.15) is 18.1 Å². The van der Waals surface area contributed by atoms with Crippen LogP contribution >= 0.6 is 0 Å². The maximum absolute atomic E-state index is 13.4. The Morgan fingerprint density at radius 1 is 0.714 bits per heavy atom. The largest absolute Gasteiger partial charge is 0.504 e. The van der Waals surface area contributed by atoms with Crippen LogP contribution in [0.2, 0.25) is 0 Å². The van der Waals surface area contributed by atoms with Gasteiger partial charge < -0.3 is 94.1 Å². The summed E-state index contributed by atoms with van der Waals surface area (Å²) in [6, 6.07) is 8.31. The van der Waals surface area contributed by atoms with Crippen molar-refractivity contribution in [2.45, 2.75) is 105 Å². The lowest BCUT2D eigenvalue weighted by Gasteiger charge is -2.47. The van der Waals surface area contributed by atoms with E-state index < -0.39 is 111 Å². The standard InChI is InChI=1S/C36H48O20/c1-15-25(42)27(44)30(47)36(52-15)56-33-31(48)35(50-10-9-17-3-6-18(38)20(40)11-17)54-23(14-51-34-29(46)28(45)26(43)22(13-37)53-34)32(33)55-24(41)8-5-16-4-7-19(39)21(12-16)49-2/h3-8,11-12,15,22-23,25-40,42-48H,9-10,13-14H2,1-2H3/b8-5+/t15?,22?,23?,25?,26-,27?,28+,29-,30?,31-,32?,33?,34?,35-,36?/m1/s1. The fraction of sp³-hybridized carbons (Fsp3) is 0.583. The third kappa shape index (κ3) is 10.0. The molecule has 0 aromatic heterocycles. The maximum Gasteiger partial charge on any atom is 0.331 e. The Morgan fingerprint density at radius 2 is 1.38 bits per heavy atom. The molecule has 3 fully saturated rings. The zero-order chi connectivity index (χ0) is 40.8. The molecule has 0 saturated carbocycles. The van der Waals surface area contributed by atoms with Crippen LogP contribution in [0.4, 0.5) is 0 Å². The molecular formula is C36H48O20. The summed E-state index contributed by atoms with van der Waals surface area (Å²) in [5.41, 5.74) is 0.925. The number of rotatable bonds is 14. The van der Waals surface area contributed by atoms with Crippen molar-refractivity contribution in [3.05, 3.63) is 53.6 Å². The molecule has 10 unspecified atom stereocenters. The molecule has 0 radical (unpaired) electrons. The predicted octanol–water partition coefficient (Wildman–Crippen LogP) is -2.89. The number of methoxy groups -OCH3 is 1. The van der Waals surface area contributed by atoms with Crippen molar-refractivity contribution in [1.82, 2.24) is 0 Å². The number of ether oxygens (including phenoxy) is 8. The van der Waals surface area contributed by atoms with Crippen molar-refractivity contribution >= 4 is 12.0 Å². The molecular weight excluding hydrogens is 752 g/mol. The summed E-state index contributed by atoms with van der Waals surface area (Å²) in [6.07, 6.45) is -22.2. The number of aliphatic hydroxyl groups excluding tert-OH is 8. The lowest BCUT2D eigenvalue weighted by atomic mass is 9.96. The average Bonchev–Trinajstić information content (AvgIpc) is 3.18. The van der Waals surface area contributed by atoms with Gasteiger partial charge in [0.1, 0.15) is 61.0 Å². The van der Waals surface area contributed by atoms with Crippen molar-refractivity contribution in [2.75, 3.05) is 26.9 Å². The Hall–Kier alpha value is -3.71. The van der Waals surface area contributed by atoms with Gasteiger partial charge in [-0.3, -0.25) is 0 Å². The number of hydrogen-bond acceptors (Lipinski definition) is 20. The minimum absolute atomic E-state index is 0.115. The molecule has 0 spiro atoms. The predicted molar refractivity (Wildman–Crippen MR) is 185 cm³/mol. The molecule has 15 atom stereocenters. The number of carbonyl (C=O) groups excluding carboxylic acids is 1. The Bertz CT molecular complexity index is 1620. The molecule has 3 aliphatic heterocycles. The lowest BCUT2D eigenvalue weighted by Crippen LogP contribution is -2.65. The van der Waals surface area contributed by atoms with Crippen LogP contribution in [-0.2, 0) is 44.4 Å². The van der Waals surface area contributed by atoms with E-state index in [1.165, 1.54) is 56.5 Å². The van der Waals surface area contributed by atoms with E-state index in [1.54, 1.807) is 0 Å².